The first kappa shape index (κ1) is 14.6. The average Bonchev–Trinajstić information content (AvgIpc) is 2.43. The molecule has 3 atom stereocenters. The SMILES string of the molecule is NC(OCc1ccccc1)C1(Cl)C=CC=C(Cl)C1O. The highest BCUT2D eigenvalue weighted by atomic mass is 35.5. The van der Waals surface area contributed by atoms with Crippen molar-refractivity contribution in [3.63, 3.8) is 0 Å². The Hall–Kier alpha value is -0.840. The van der Waals surface area contributed by atoms with Crippen molar-refractivity contribution in [3.8, 4) is 0 Å². The van der Waals surface area contributed by atoms with Gasteiger partial charge in [-0.25, -0.2) is 0 Å². The van der Waals surface area contributed by atoms with Gasteiger partial charge in [0.2, 0.25) is 0 Å². The van der Waals surface area contributed by atoms with Crippen LogP contribution in [0.1, 0.15) is 5.56 Å². The van der Waals surface area contributed by atoms with Gasteiger partial charge in [0.05, 0.1) is 6.61 Å². The number of alkyl halides is 1. The molecular formula is C14H15Cl2NO2. The summed E-state index contributed by atoms with van der Waals surface area (Å²) < 4.78 is 5.54. The first-order valence-electron chi connectivity index (χ1n) is 5.87. The van der Waals surface area contributed by atoms with Crippen molar-refractivity contribution in [3.05, 3.63) is 59.2 Å². The second-order valence-electron chi connectivity index (χ2n) is 4.36. The summed E-state index contributed by atoms with van der Waals surface area (Å²) in [6, 6.07) is 9.59. The number of aliphatic hydroxyl groups is 1. The summed E-state index contributed by atoms with van der Waals surface area (Å²) in [5.74, 6) is 0. The lowest BCUT2D eigenvalue weighted by Gasteiger charge is -2.35. The highest BCUT2D eigenvalue weighted by molar-refractivity contribution is 6.33. The van der Waals surface area contributed by atoms with Crippen LogP contribution in [0, 0.1) is 0 Å². The largest absolute Gasteiger partial charge is 0.385 e. The maximum Gasteiger partial charge on any atom is 0.133 e. The second kappa shape index (κ2) is 6.07. The Morgan fingerprint density at radius 2 is 2.05 bits per heavy atom. The van der Waals surface area contributed by atoms with Crippen molar-refractivity contribution < 1.29 is 9.84 Å². The second-order valence-corrected chi connectivity index (χ2v) is 5.45. The molecule has 2 rings (SSSR count). The Morgan fingerprint density at radius 1 is 1.37 bits per heavy atom. The molecule has 0 aromatic heterocycles. The molecular weight excluding hydrogens is 285 g/mol. The molecule has 0 bridgehead atoms. The molecule has 0 saturated carbocycles. The standard InChI is InChI=1S/C14H15Cl2NO2/c15-11-7-4-8-14(16,12(11)18)13(17)19-9-10-5-2-1-3-6-10/h1-8,12-13,18H,9,17H2. The first-order valence-corrected chi connectivity index (χ1v) is 6.62. The zero-order valence-corrected chi connectivity index (χ0v) is 11.7. The zero-order valence-electron chi connectivity index (χ0n) is 10.2. The van der Waals surface area contributed by atoms with Crippen molar-refractivity contribution in [1.82, 2.24) is 0 Å². The molecule has 102 valence electrons. The highest BCUT2D eigenvalue weighted by Crippen LogP contribution is 2.34. The van der Waals surface area contributed by atoms with Gasteiger partial charge in [-0.15, -0.1) is 11.6 Å². The Kier molecular flexibility index (Phi) is 4.66. The molecule has 3 unspecified atom stereocenters. The minimum atomic E-state index is -1.25. The lowest BCUT2D eigenvalue weighted by atomic mass is 9.94. The summed E-state index contributed by atoms with van der Waals surface area (Å²) in [7, 11) is 0. The van der Waals surface area contributed by atoms with Gasteiger partial charge in [0.25, 0.3) is 0 Å². The number of halogens is 2. The fraction of sp³-hybridized carbons (Fsp3) is 0.286. The van der Waals surface area contributed by atoms with Crippen LogP contribution in [0.3, 0.4) is 0 Å². The smallest absolute Gasteiger partial charge is 0.133 e. The summed E-state index contributed by atoms with van der Waals surface area (Å²) in [6.07, 6.45) is 2.89. The molecule has 19 heavy (non-hydrogen) atoms. The van der Waals surface area contributed by atoms with E-state index in [2.05, 4.69) is 0 Å². The van der Waals surface area contributed by atoms with E-state index in [9.17, 15) is 5.11 Å². The molecule has 5 heteroatoms. The maximum atomic E-state index is 10.0. The van der Waals surface area contributed by atoms with Crippen molar-refractivity contribution in [2.45, 2.75) is 23.8 Å². The van der Waals surface area contributed by atoms with Crippen molar-refractivity contribution in [2.75, 3.05) is 0 Å². The third kappa shape index (κ3) is 3.19. The number of nitrogens with two attached hydrogens (primary N) is 1. The van der Waals surface area contributed by atoms with Crippen LogP contribution in [0.5, 0.6) is 0 Å². The molecule has 3 N–H and O–H groups in total. The lowest BCUT2D eigenvalue weighted by Crippen LogP contribution is -2.52. The van der Waals surface area contributed by atoms with E-state index in [1.54, 1.807) is 18.2 Å². The fourth-order valence-corrected chi connectivity index (χ4v) is 2.38. The Labute approximate surface area is 122 Å². The van der Waals surface area contributed by atoms with Crippen molar-refractivity contribution >= 4 is 23.2 Å². The molecule has 0 radical (unpaired) electrons. The van der Waals surface area contributed by atoms with Gasteiger partial charge in [0.15, 0.2) is 0 Å². The van der Waals surface area contributed by atoms with Gasteiger partial charge < -0.3 is 15.6 Å². The molecule has 0 heterocycles. The predicted molar refractivity (Wildman–Crippen MR) is 76.9 cm³/mol. The van der Waals surface area contributed by atoms with E-state index in [4.69, 9.17) is 33.7 Å². The fourth-order valence-electron chi connectivity index (χ4n) is 1.82. The molecule has 1 aromatic rings. The number of ether oxygens (including phenoxy) is 1. The highest BCUT2D eigenvalue weighted by Gasteiger charge is 2.43. The van der Waals surface area contributed by atoms with E-state index in [1.165, 1.54) is 0 Å². The van der Waals surface area contributed by atoms with E-state index >= 15 is 0 Å². The van der Waals surface area contributed by atoms with Gasteiger partial charge >= 0.3 is 0 Å². The van der Waals surface area contributed by atoms with Crippen LogP contribution >= 0.6 is 23.2 Å². The zero-order chi connectivity index (χ0) is 13.9. The molecule has 0 fully saturated rings. The number of rotatable bonds is 4. The molecule has 1 aliphatic rings. The first-order chi connectivity index (χ1) is 9.04. The van der Waals surface area contributed by atoms with Crippen LogP contribution < -0.4 is 5.73 Å². The monoisotopic (exact) mass is 299 g/mol. The Bertz CT molecular complexity index is 489. The predicted octanol–water partition coefficient (Wildman–Crippen LogP) is 2.52. The molecule has 1 aromatic carbocycles. The number of hydrogen-bond acceptors (Lipinski definition) is 3. The van der Waals surface area contributed by atoms with Crippen LogP contribution in [-0.2, 0) is 11.3 Å². The summed E-state index contributed by atoms with van der Waals surface area (Å²) >= 11 is 12.2. The topological polar surface area (TPSA) is 55.5 Å². The minimum Gasteiger partial charge on any atom is -0.385 e. The van der Waals surface area contributed by atoms with Crippen LogP contribution in [0.15, 0.2) is 53.6 Å². The molecule has 0 amide bonds. The third-order valence-electron chi connectivity index (χ3n) is 3.00. The molecule has 0 saturated heterocycles. The number of allylic oxidation sites excluding steroid dienone is 2. The van der Waals surface area contributed by atoms with Gasteiger partial charge in [-0.1, -0.05) is 54.1 Å². The van der Waals surface area contributed by atoms with E-state index in [-0.39, 0.29) is 5.03 Å². The maximum absolute atomic E-state index is 10.0. The number of aliphatic hydroxyl groups excluding tert-OH is 1. The lowest BCUT2D eigenvalue weighted by molar-refractivity contribution is -0.00220. The van der Waals surface area contributed by atoms with Gasteiger partial charge in [0, 0.05) is 5.03 Å². The normalized spacial score (nSPS) is 28.0. The average molecular weight is 300 g/mol. The van der Waals surface area contributed by atoms with Crippen LogP contribution in [0.4, 0.5) is 0 Å². The van der Waals surface area contributed by atoms with Crippen LogP contribution in [0.2, 0.25) is 0 Å². The van der Waals surface area contributed by atoms with Crippen LogP contribution in [0.25, 0.3) is 0 Å². The Balaban J connectivity index is 2.02. The summed E-state index contributed by atoms with van der Waals surface area (Å²) in [6.45, 7) is 0.318. The van der Waals surface area contributed by atoms with E-state index < -0.39 is 17.2 Å². The van der Waals surface area contributed by atoms with Crippen molar-refractivity contribution in [1.29, 1.82) is 0 Å². The van der Waals surface area contributed by atoms with Gasteiger partial charge in [-0.3, -0.25) is 0 Å². The van der Waals surface area contributed by atoms with Gasteiger partial charge in [-0.2, -0.15) is 0 Å². The third-order valence-corrected chi connectivity index (χ3v) is 3.88. The Morgan fingerprint density at radius 3 is 2.74 bits per heavy atom. The number of hydrogen-bond donors (Lipinski definition) is 2. The van der Waals surface area contributed by atoms with Gasteiger partial charge in [-0.05, 0) is 11.6 Å². The summed E-state index contributed by atoms with van der Waals surface area (Å²) in [5.41, 5.74) is 6.91. The van der Waals surface area contributed by atoms with E-state index in [0.717, 1.165) is 5.56 Å². The molecule has 1 aliphatic carbocycles. The minimum absolute atomic E-state index is 0.247. The summed E-state index contributed by atoms with van der Waals surface area (Å²) in [5, 5.41) is 10.3. The number of benzene rings is 1. The quantitative estimate of drug-likeness (QED) is 0.663. The van der Waals surface area contributed by atoms with Crippen molar-refractivity contribution in [2.24, 2.45) is 5.73 Å². The van der Waals surface area contributed by atoms with Crippen LogP contribution in [-0.4, -0.2) is 22.3 Å². The van der Waals surface area contributed by atoms with Gasteiger partial charge in [0.1, 0.15) is 17.2 Å². The molecule has 0 aliphatic heterocycles. The summed E-state index contributed by atoms with van der Waals surface area (Å²) in [4.78, 5) is -1.25. The molecule has 0 spiro atoms. The molecule has 3 nitrogen and oxygen atoms in total. The van der Waals surface area contributed by atoms with E-state index in [1.807, 2.05) is 30.3 Å². The van der Waals surface area contributed by atoms with E-state index in [0.29, 0.717) is 6.61 Å².